The van der Waals surface area contributed by atoms with Crippen molar-refractivity contribution in [2.45, 2.75) is 12.5 Å². The maximum atomic E-state index is 10.7. The number of halogens is 1. The highest BCUT2D eigenvalue weighted by Gasteiger charge is 2.33. The molecule has 70 valence electrons. The molecule has 1 aromatic carbocycles. The van der Waals surface area contributed by atoms with E-state index in [1.54, 1.807) is 24.3 Å². The topological polar surface area (TPSA) is 57.5 Å². The average molecular weight is 245 g/mol. The summed E-state index contributed by atoms with van der Waals surface area (Å²) in [6.45, 7) is 1.25. The third kappa shape index (κ3) is 1.89. The summed E-state index contributed by atoms with van der Waals surface area (Å²) in [6.07, 6.45) is 0. The Kier molecular flexibility index (Phi) is 2.73. The zero-order valence-corrected chi connectivity index (χ0v) is 8.58. The number of carbonyl (C=O) groups is 1. The van der Waals surface area contributed by atoms with Crippen LogP contribution in [0.15, 0.2) is 28.7 Å². The smallest absolute Gasteiger partial charge is 0.340 e. The summed E-state index contributed by atoms with van der Waals surface area (Å²) in [5, 5.41) is 18.4. The van der Waals surface area contributed by atoms with Gasteiger partial charge in [0.2, 0.25) is 0 Å². The van der Waals surface area contributed by atoms with Gasteiger partial charge in [-0.15, -0.1) is 0 Å². The molecule has 0 heterocycles. The Bertz CT molecular complexity index is 333. The first-order chi connectivity index (χ1) is 5.96. The lowest BCUT2D eigenvalue weighted by molar-refractivity contribution is -0.157. The van der Waals surface area contributed by atoms with Crippen molar-refractivity contribution in [2.75, 3.05) is 0 Å². The van der Waals surface area contributed by atoms with E-state index in [0.29, 0.717) is 10.0 Å². The molecule has 1 atom stereocenters. The van der Waals surface area contributed by atoms with E-state index in [1.165, 1.54) is 6.92 Å². The Morgan fingerprint density at radius 3 is 2.46 bits per heavy atom. The van der Waals surface area contributed by atoms with Crippen LogP contribution in [0.1, 0.15) is 12.5 Å². The van der Waals surface area contributed by atoms with Gasteiger partial charge < -0.3 is 10.2 Å². The minimum absolute atomic E-state index is 0.350. The molecule has 4 heteroatoms. The van der Waals surface area contributed by atoms with E-state index in [0.717, 1.165) is 0 Å². The lowest BCUT2D eigenvalue weighted by Crippen LogP contribution is -2.32. The van der Waals surface area contributed by atoms with Crippen LogP contribution >= 0.6 is 15.9 Å². The van der Waals surface area contributed by atoms with Crippen LogP contribution in [-0.4, -0.2) is 16.2 Å². The van der Waals surface area contributed by atoms with Crippen LogP contribution in [0.25, 0.3) is 0 Å². The highest BCUT2D eigenvalue weighted by Crippen LogP contribution is 2.27. The molecular formula is C9H9BrO3. The van der Waals surface area contributed by atoms with Crippen LogP contribution in [0.4, 0.5) is 0 Å². The molecule has 1 aromatic rings. The van der Waals surface area contributed by atoms with Gasteiger partial charge in [0.05, 0.1) is 0 Å². The van der Waals surface area contributed by atoms with Crippen molar-refractivity contribution in [2.24, 2.45) is 0 Å². The van der Waals surface area contributed by atoms with Gasteiger partial charge in [-0.2, -0.15) is 0 Å². The molecular weight excluding hydrogens is 236 g/mol. The second-order valence-corrected chi connectivity index (χ2v) is 3.71. The number of rotatable bonds is 2. The third-order valence-electron chi connectivity index (χ3n) is 1.81. The molecule has 2 N–H and O–H groups in total. The number of benzene rings is 1. The van der Waals surface area contributed by atoms with Gasteiger partial charge in [-0.25, -0.2) is 4.79 Å². The molecule has 13 heavy (non-hydrogen) atoms. The zero-order valence-electron chi connectivity index (χ0n) is 6.99. The summed E-state index contributed by atoms with van der Waals surface area (Å²) < 4.78 is 0.586. The summed E-state index contributed by atoms with van der Waals surface area (Å²) in [6, 6.07) is 6.69. The van der Waals surface area contributed by atoms with Crippen molar-refractivity contribution < 1.29 is 15.0 Å². The van der Waals surface area contributed by atoms with Gasteiger partial charge in [0.1, 0.15) is 0 Å². The summed E-state index contributed by atoms with van der Waals surface area (Å²) in [4.78, 5) is 10.7. The number of hydrogen-bond donors (Lipinski definition) is 2. The normalized spacial score (nSPS) is 15.0. The fourth-order valence-electron chi connectivity index (χ4n) is 0.971. The van der Waals surface area contributed by atoms with Crippen LogP contribution < -0.4 is 0 Å². The predicted octanol–water partition coefficient (Wildman–Crippen LogP) is 1.74. The fourth-order valence-corrected chi connectivity index (χ4v) is 1.64. The zero-order chi connectivity index (χ0) is 10.1. The molecule has 0 bridgehead atoms. The Balaban J connectivity index is 3.22. The number of aliphatic hydroxyl groups is 1. The van der Waals surface area contributed by atoms with E-state index in [9.17, 15) is 9.90 Å². The van der Waals surface area contributed by atoms with Crippen molar-refractivity contribution >= 4 is 21.9 Å². The van der Waals surface area contributed by atoms with Gasteiger partial charge in [0, 0.05) is 10.0 Å². The molecule has 0 saturated heterocycles. The molecule has 0 aromatic heterocycles. The second kappa shape index (κ2) is 3.47. The van der Waals surface area contributed by atoms with Gasteiger partial charge >= 0.3 is 5.97 Å². The van der Waals surface area contributed by atoms with Gasteiger partial charge in [0.15, 0.2) is 5.60 Å². The molecule has 0 unspecified atom stereocenters. The highest BCUT2D eigenvalue weighted by atomic mass is 79.9. The summed E-state index contributed by atoms with van der Waals surface area (Å²) >= 11 is 3.18. The highest BCUT2D eigenvalue weighted by molar-refractivity contribution is 9.10. The predicted molar refractivity (Wildman–Crippen MR) is 51.3 cm³/mol. The molecule has 3 nitrogen and oxygen atoms in total. The van der Waals surface area contributed by atoms with E-state index in [4.69, 9.17) is 5.11 Å². The van der Waals surface area contributed by atoms with Crippen molar-refractivity contribution in [3.8, 4) is 0 Å². The Morgan fingerprint density at radius 1 is 1.46 bits per heavy atom. The average Bonchev–Trinajstić information content (AvgIpc) is 2.04. The molecule has 0 aliphatic carbocycles. The third-order valence-corrected chi connectivity index (χ3v) is 2.51. The molecule has 0 aliphatic rings. The Morgan fingerprint density at radius 2 is 2.00 bits per heavy atom. The summed E-state index contributed by atoms with van der Waals surface area (Å²) in [5.74, 6) is -1.26. The molecule has 0 fully saturated rings. The van der Waals surface area contributed by atoms with Crippen LogP contribution in [-0.2, 0) is 10.4 Å². The molecule has 0 aliphatic heterocycles. The van der Waals surface area contributed by atoms with Crippen LogP contribution in [0.3, 0.4) is 0 Å². The number of aliphatic carboxylic acids is 1. The van der Waals surface area contributed by atoms with E-state index in [-0.39, 0.29) is 0 Å². The molecule has 0 radical (unpaired) electrons. The number of carboxylic acid groups (broad SMARTS) is 1. The van der Waals surface area contributed by atoms with E-state index in [2.05, 4.69) is 15.9 Å². The standard InChI is InChI=1S/C9H9BrO3/c1-9(13,8(11)12)6-4-2-3-5-7(6)10/h2-5,13H,1H3,(H,11,12)/t9-/m1/s1. The minimum Gasteiger partial charge on any atom is -0.479 e. The SMILES string of the molecule is C[C@](O)(C(=O)O)c1ccccc1Br. The van der Waals surface area contributed by atoms with Crippen molar-refractivity contribution in [1.29, 1.82) is 0 Å². The van der Waals surface area contributed by atoms with Crippen LogP contribution in [0.2, 0.25) is 0 Å². The molecule has 1 rings (SSSR count). The second-order valence-electron chi connectivity index (χ2n) is 2.86. The van der Waals surface area contributed by atoms with Gasteiger partial charge in [0.25, 0.3) is 0 Å². The van der Waals surface area contributed by atoms with Crippen molar-refractivity contribution in [3.63, 3.8) is 0 Å². The number of carboxylic acids is 1. The van der Waals surface area contributed by atoms with Crippen molar-refractivity contribution in [1.82, 2.24) is 0 Å². The lowest BCUT2D eigenvalue weighted by atomic mass is 9.96. The maximum absolute atomic E-state index is 10.7. The first-order valence-corrected chi connectivity index (χ1v) is 4.46. The summed E-state index contributed by atoms with van der Waals surface area (Å²) in [5.41, 5.74) is -1.50. The monoisotopic (exact) mass is 244 g/mol. The molecule has 0 amide bonds. The Hall–Kier alpha value is -0.870. The Labute approximate surface area is 84.1 Å². The number of hydrogen-bond acceptors (Lipinski definition) is 2. The van der Waals surface area contributed by atoms with E-state index < -0.39 is 11.6 Å². The van der Waals surface area contributed by atoms with E-state index in [1.807, 2.05) is 0 Å². The summed E-state index contributed by atoms with van der Waals surface area (Å²) in [7, 11) is 0. The van der Waals surface area contributed by atoms with Crippen LogP contribution in [0, 0.1) is 0 Å². The van der Waals surface area contributed by atoms with E-state index >= 15 is 0 Å². The fraction of sp³-hybridized carbons (Fsp3) is 0.222. The quantitative estimate of drug-likeness (QED) is 0.834. The van der Waals surface area contributed by atoms with Crippen molar-refractivity contribution in [3.05, 3.63) is 34.3 Å². The first-order valence-electron chi connectivity index (χ1n) is 3.67. The molecule has 0 saturated carbocycles. The van der Waals surface area contributed by atoms with Crippen LogP contribution in [0.5, 0.6) is 0 Å². The largest absolute Gasteiger partial charge is 0.479 e. The van der Waals surface area contributed by atoms with Gasteiger partial charge in [-0.1, -0.05) is 34.1 Å². The lowest BCUT2D eigenvalue weighted by Gasteiger charge is -2.19. The van der Waals surface area contributed by atoms with Gasteiger partial charge in [-0.3, -0.25) is 0 Å². The molecule has 0 spiro atoms. The minimum atomic E-state index is -1.85. The van der Waals surface area contributed by atoms with Gasteiger partial charge in [-0.05, 0) is 13.0 Å². The first kappa shape index (κ1) is 10.2. The maximum Gasteiger partial charge on any atom is 0.340 e.